The van der Waals surface area contributed by atoms with E-state index in [1.54, 1.807) is 12.1 Å². The van der Waals surface area contributed by atoms with Crippen LogP contribution in [0.25, 0.3) is 0 Å². The zero-order valence-electron chi connectivity index (χ0n) is 26.0. The smallest absolute Gasteiger partial charge is 0.348 e. The van der Waals surface area contributed by atoms with Gasteiger partial charge in [0.1, 0.15) is 5.76 Å². The fourth-order valence-electron chi connectivity index (χ4n) is 7.16. The number of likely N-dealkylation sites (tertiary alicyclic amines) is 1. The maximum Gasteiger partial charge on any atom is 0.348 e. The summed E-state index contributed by atoms with van der Waals surface area (Å²) in [6, 6.07) is 3.49. The molecular formula is C31H35NO15. The van der Waals surface area contributed by atoms with Crippen LogP contribution in [-0.2, 0) is 59.6 Å². The van der Waals surface area contributed by atoms with Crippen molar-refractivity contribution >= 4 is 35.8 Å². The highest BCUT2D eigenvalue weighted by atomic mass is 16.6. The lowest BCUT2D eigenvalue weighted by molar-refractivity contribution is -0.184. The monoisotopic (exact) mass is 661 g/mol. The van der Waals surface area contributed by atoms with Gasteiger partial charge in [-0.05, 0) is 51.1 Å². The number of carbonyl (C=O) groups is 6. The van der Waals surface area contributed by atoms with Crippen LogP contribution in [-0.4, -0.2) is 113 Å². The summed E-state index contributed by atoms with van der Waals surface area (Å²) in [6.45, 7) is 2.63. The molecule has 2 bridgehead atoms. The molecule has 2 aliphatic heterocycles. The van der Waals surface area contributed by atoms with Crippen molar-refractivity contribution < 1.29 is 72.5 Å². The maximum atomic E-state index is 13.3. The largest absolute Gasteiger partial charge is 0.493 e. The summed E-state index contributed by atoms with van der Waals surface area (Å²) in [4.78, 5) is 74.5. The molecule has 16 nitrogen and oxygen atoms in total. The Balaban J connectivity index is 1.33. The fraction of sp³-hybridized carbons (Fsp3) is 0.548. The quantitative estimate of drug-likeness (QED) is 0.202. The van der Waals surface area contributed by atoms with Gasteiger partial charge in [0.15, 0.2) is 23.7 Å². The first-order valence-corrected chi connectivity index (χ1v) is 14.9. The molecule has 1 spiro atoms. The molecule has 0 unspecified atom stereocenters. The van der Waals surface area contributed by atoms with Crippen molar-refractivity contribution in [3.05, 3.63) is 35.1 Å². The summed E-state index contributed by atoms with van der Waals surface area (Å²) in [6.07, 6.45) is -5.73. The number of likely N-dealkylation sites (N-methyl/N-ethyl adjacent to an activating group) is 1. The number of carboxylic acid groups (broad SMARTS) is 2. The molecule has 2 aliphatic carbocycles. The Labute approximate surface area is 268 Å². The van der Waals surface area contributed by atoms with Crippen molar-refractivity contribution in [2.45, 2.75) is 87.4 Å². The number of aliphatic carboxylic acids is 2. The molecule has 0 saturated carbocycles. The second-order valence-corrected chi connectivity index (χ2v) is 12.0. The van der Waals surface area contributed by atoms with E-state index in [1.165, 1.54) is 7.11 Å². The Kier molecular flexibility index (Phi) is 8.94. The molecule has 16 heteroatoms. The van der Waals surface area contributed by atoms with Crippen LogP contribution in [0.2, 0.25) is 0 Å². The van der Waals surface area contributed by atoms with Crippen molar-refractivity contribution in [3.63, 3.8) is 0 Å². The van der Waals surface area contributed by atoms with Gasteiger partial charge in [0.2, 0.25) is 12.2 Å². The number of nitrogens with zero attached hydrogens (tertiary/aromatic N) is 1. The van der Waals surface area contributed by atoms with Gasteiger partial charge in [0.05, 0.1) is 31.0 Å². The average molecular weight is 662 g/mol. The molecule has 0 amide bonds. The highest BCUT2D eigenvalue weighted by molar-refractivity contribution is 5.88. The second-order valence-electron chi connectivity index (χ2n) is 12.0. The number of piperidine rings is 1. The van der Waals surface area contributed by atoms with E-state index in [-0.39, 0.29) is 18.2 Å². The topological polar surface area (TPSA) is 222 Å². The minimum atomic E-state index is -2.05. The third kappa shape index (κ3) is 5.75. The standard InChI is InChI=1S/C31H35NO15/c1-14(28(39)46-19(27(37)38)12-22(34)35)43-29(40)20(44-15(2)33)13-23(36)45-18-7-8-31(41)21-11-16-5-6-17(42-4)25-24(16)30(31,26(18)47-25)9-10-32(21)3/h5-7,14,19-21,26,41H,8-13H2,1-4H3,(H,34,35)(H,37,38)/t14-,19-,20-,21-,26-,30-,31+/m0/s1. The van der Waals surface area contributed by atoms with Gasteiger partial charge in [0.25, 0.3) is 0 Å². The lowest BCUT2D eigenvalue weighted by Gasteiger charge is -2.61. The summed E-state index contributed by atoms with van der Waals surface area (Å²) in [7, 11) is 3.45. The van der Waals surface area contributed by atoms with Crippen LogP contribution in [0.15, 0.2) is 24.0 Å². The molecule has 1 saturated heterocycles. The van der Waals surface area contributed by atoms with Crippen molar-refractivity contribution in [1.82, 2.24) is 4.90 Å². The van der Waals surface area contributed by atoms with Crippen LogP contribution in [0.3, 0.4) is 0 Å². The van der Waals surface area contributed by atoms with E-state index in [9.17, 15) is 33.9 Å². The zero-order chi connectivity index (χ0) is 34.4. The van der Waals surface area contributed by atoms with E-state index < -0.39 is 84.1 Å². The molecule has 5 rings (SSSR count). The Morgan fingerprint density at radius 2 is 1.77 bits per heavy atom. The van der Waals surface area contributed by atoms with Crippen molar-refractivity contribution in [2.75, 3.05) is 20.7 Å². The van der Waals surface area contributed by atoms with Crippen LogP contribution in [0.1, 0.15) is 50.7 Å². The van der Waals surface area contributed by atoms with Gasteiger partial charge in [-0.3, -0.25) is 14.4 Å². The van der Waals surface area contributed by atoms with Gasteiger partial charge in [-0.2, -0.15) is 0 Å². The molecule has 0 radical (unpaired) electrons. The van der Waals surface area contributed by atoms with Gasteiger partial charge in [-0.25, -0.2) is 14.4 Å². The molecule has 1 aromatic carbocycles. The van der Waals surface area contributed by atoms with Gasteiger partial charge in [-0.15, -0.1) is 0 Å². The summed E-state index contributed by atoms with van der Waals surface area (Å²) < 4.78 is 32.3. The van der Waals surface area contributed by atoms with E-state index in [2.05, 4.69) is 9.64 Å². The molecule has 47 heavy (non-hydrogen) atoms. The SMILES string of the molecule is COc1ccc2c3c1O[C@H]1C(OC(=O)C[C@H](OC(C)=O)C(=O)O[C@@H](C)C(=O)O[C@@H](CC(=O)O)C(=O)O)=CC[C@@]4(O)[C@H](C2)N(C)CC[C@]314. The number of rotatable bonds is 12. The first-order valence-electron chi connectivity index (χ1n) is 14.9. The zero-order valence-corrected chi connectivity index (χ0v) is 26.0. The number of hydrogen-bond acceptors (Lipinski definition) is 14. The van der Waals surface area contributed by atoms with Crippen molar-refractivity contribution in [2.24, 2.45) is 0 Å². The van der Waals surface area contributed by atoms with E-state index in [0.29, 0.717) is 30.9 Å². The number of esters is 4. The predicted octanol–water partition coefficient (Wildman–Crippen LogP) is 0.241. The summed E-state index contributed by atoms with van der Waals surface area (Å²) in [5.74, 6) is -6.98. The van der Waals surface area contributed by atoms with E-state index in [4.69, 9.17) is 33.9 Å². The van der Waals surface area contributed by atoms with Crippen LogP contribution >= 0.6 is 0 Å². The maximum absolute atomic E-state index is 13.3. The normalized spacial score (nSPS) is 27.0. The van der Waals surface area contributed by atoms with Crippen LogP contribution in [0, 0.1) is 0 Å². The van der Waals surface area contributed by atoms with E-state index >= 15 is 0 Å². The number of benzene rings is 1. The Morgan fingerprint density at radius 1 is 1.04 bits per heavy atom. The van der Waals surface area contributed by atoms with Crippen LogP contribution < -0.4 is 9.47 Å². The molecule has 1 fully saturated rings. The van der Waals surface area contributed by atoms with Gasteiger partial charge >= 0.3 is 35.8 Å². The number of aliphatic hydroxyl groups is 1. The lowest BCUT2D eigenvalue weighted by Crippen LogP contribution is -2.74. The molecule has 2 heterocycles. The minimum absolute atomic E-state index is 0.0964. The Bertz CT molecular complexity index is 1550. The Hall–Kier alpha value is -4.70. The molecular weight excluding hydrogens is 626 g/mol. The highest BCUT2D eigenvalue weighted by Crippen LogP contribution is 2.65. The number of methoxy groups -OCH3 is 1. The molecule has 1 aromatic rings. The molecule has 7 atom stereocenters. The number of carboxylic acids is 2. The molecule has 3 N–H and O–H groups in total. The third-order valence-electron chi connectivity index (χ3n) is 9.23. The number of hydrogen-bond donors (Lipinski definition) is 3. The number of carbonyl (C=O) groups excluding carboxylic acids is 4. The average Bonchev–Trinajstić information content (AvgIpc) is 3.35. The van der Waals surface area contributed by atoms with Crippen LogP contribution in [0.4, 0.5) is 0 Å². The highest BCUT2D eigenvalue weighted by Gasteiger charge is 2.72. The van der Waals surface area contributed by atoms with Gasteiger partial charge in [-0.1, -0.05) is 6.07 Å². The first-order chi connectivity index (χ1) is 22.1. The van der Waals surface area contributed by atoms with Crippen molar-refractivity contribution in [1.29, 1.82) is 0 Å². The summed E-state index contributed by atoms with van der Waals surface area (Å²) >= 11 is 0. The molecule has 0 aromatic heterocycles. The van der Waals surface area contributed by atoms with Gasteiger partial charge in [0, 0.05) is 24.9 Å². The van der Waals surface area contributed by atoms with Gasteiger partial charge < -0.3 is 48.6 Å². The first kappa shape index (κ1) is 33.7. The van der Waals surface area contributed by atoms with E-state index in [1.807, 2.05) is 13.1 Å². The third-order valence-corrected chi connectivity index (χ3v) is 9.23. The van der Waals surface area contributed by atoms with Crippen molar-refractivity contribution in [3.8, 4) is 11.5 Å². The second kappa shape index (κ2) is 12.5. The summed E-state index contributed by atoms with van der Waals surface area (Å²) in [5.41, 5.74) is -0.430. The molecule has 254 valence electrons. The lowest BCUT2D eigenvalue weighted by atomic mass is 9.50. The predicted molar refractivity (Wildman–Crippen MR) is 153 cm³/mol. The van der Waals surface area contributed by atoms with Crippen LogP contribution in [0.5, 0.6) is 11.5 Å². The Morgan fingerprint density at radius 3 is 2.40 bits per heavy atom. The molecule has 4 aliphatic rings. The van der Waals surface area contributed by atoms with E-state index in [0.717, 1.165) is 25.0 Å². The summed E-state index contributed by atoms with van der Waals surface area (Å²) in [5, 5.41) is 30.2. The fourth-order valence-corrected chi connectivity index (χ4v) is 7.16. The number of ether oxygens (including phenoxy) is 6. The minimum Gasteiger partial charge on any atom is -0.493 e.